The van der Waals surface area contributed by atoms with E-state index in [1.807, 2.05) is 0 Å². The smallest absolute Gasteiger partial charge is 0.308 e. The summed E-state index contributed by atoms with van der Waals surface area (Å²) >= 11 is 0. The highest BCUT2D eigenvalue weighted by atomic mass is 16.8. The van der Waals surface area contributed by atoms with Crippen LogP contribution in [0.4, 0.5) is 0 Å². The number of rotatable bonds is 4. The molecule has 30 atom stereocenters. The molecule has 16 heterocycles. The summed E-state index contributed by atoms with van der Waals surface area (Å²) in [4.78, 5) is 26.9. The van der Waals surface area contributed by atoms with Crippen LogP contribution in [-0.4, -0.2) is 200 Å². The largest absolute Gasteiger partial charge is 0.459 e. The normalized spacial score (nSPS) is 54.8. The van der Waals surface area contributed by atoms with E-state index in [0.717, 1.165) is 49.7 Å². The first-order valence-corrected chi connectivity index (χ1v) is 31.1. The van der Waals surface area contributed by atoms with E-state index in [4.69, 9.17) is 71.1 Å². The molecule has 16 rings (SSSR count). The number of Topliss-reactive ketones (excluding diaryl/α,β-unsaturated/α-hetero) is 1. The zero-order valence-corrected chi connectivity index (χ0v) is 47.3. The van der Waals surface area contributed by atoms with Crippen LogP contribution in [0, 0.1) is 29.6 Å². The predicted molar refractivity (Wildman–Crippen MR) is 280 cm³/mol. The number of hydrogen-bond donors (Lipinski definition) is 2. The molecule has 16 fully saturated rings. The summed E-state index contributed by atoms with van der Waals surface area (Å²) in [5.74, 6) is -2.16. The van der Waals surface area contributed by atoms with Crippen molar-refractivity contribution < 1.29 is 90.9 Å². The number of aliphatic hydroxyl groups is 2. The highest BCUT2D eigenvalue weighted by molar-refractivity contribution is 5.79. The Morgan fingerprint density at radius 1 is 0.575 bits per heavy atom. The van der Waals surface area contributed by atoms with Gasteiger partial charge < -0.3 is 81.3 Å². The average molecular weight is 1130 g/mol. The summed E-state index contributed by atoms with van der Waals surface area (Å²) in [5, 5.41) is 20.4. The highest BCUT2D eigenvalue weighted by Gasteiger charge is 2.66. The van der Waals surface area contributed by atoms with Crippen molar-refractivity contribution in [3.63, 3.8) is 0 Å². The third-order valence-electron chi connectivity index (χ3n) is 21.5. The number of aliphatic hydroxyl groups excluding tert-OH is 2. The molecule has 2 N–H and O–H groups in total. The van der Waals surface area contributed by atoms with Crippen LogP contribution in [0.25, 0.3) is 0 Å². The number of fused-ring (bicyclic) bond motifs is 6. The van der Waals surface area contributed by atoms with Crippen LogP contribution in [-0.2, 0) is 80.6 Å². The van der Waals surface area contributed by atoms with E-state index in [1.54, 1.807) is 0 Å². The van der Waals surface area contributed by atoms with Crippen LogP contribution in [0.5, 0.6) is 0 Å². The Balaban J connectivity index is 0.673. The minimum atomic E-state index is -0.938. The van der Waals surface area contributed by atoms with Crippen LogP contribution in [0.3, 0.4) is 0 Å². The molecule has 16 aliphatic rings. The van der Waals surface area contributed by atoms with E-state index in [0.29, 0.717) is 71.2 Å². The lowest BCUT2D eigenvalue weighted by atomic mass is 9.78. The fraction of sp³-hybridized carbons (Fsp3) is 0.902. The topological polar surface area (TPSA) is 213 Å². The Hall–Kier alpha value is -2.02. The zero-order chi connectivity index (χ0) is 54.9. The van der Waals surface area contributed by atoms with Gasteiger partial charge >= 0.3 is 5.97 Å². The van der Waals surface area contributed by atoms with Gasteiger partial charge in [-0.3, -0.25) is 9.59 Å². The van der Waals surface area contributed by atoms with Crippen LogP contribution in [0.1, 0.15) is 137 Å². The molecule has 446 valence electrons. The van der Waals surface area contributed by atoms with Gasteiger partial charge in [-0.1, -0.05) is 40.9 Å². The molecule has 16 saturated heterocycles. The summed E-state index contributed by atoms with van der Waals surface area (Å²) in [6.07, 6.45) is 1.98. The number of carbonyl (C=O) groups is 2. The van der Waals surface area contributed by atoms with E-state index < -0.39 is 42.1 Å². The highest BCUT2D eigenvalue weighted by Crippen LogP contribution is 2.56. The molecule has 0 unspecified atom stereocenters. The molecule has 2 spiro atoms. The predicted octanol–water partition coefficient (Wildman–Crippen LogP) is 5.28. The van der Waals surface area contributed by atoms with Gasteiger partial charge in [0.05, 0.1) is 136 Å². The molecule has 0 amide bonds. The Kier molecular flexibility index (Phi) is 15.4. The molecule has 19 heteroatoms. The molecule has 0 aromatic carbocycles. The first kappa shape index (κ1) is 55.8. The van der Waals surface area contributed by atoms with E-state index in [1.165, 1.54) is 0 Å². The van der Waals surface area contributed by atoms with Gasteiger partial charge in [-0.25, -0.2) is 0 Å². The zero-order valence-electron chi connectivity index (χ0n) is 47.3. The Labute approximate surface area is 470 Å². The molecular weight excluding hydrogens is 1040 g/mol. The lowest BCUT2D eigenvalue weighted by Crippen LogP contribution is -2.62. The van der Waals surface area contributed by atoms with E-state index in [-0.39, 0.29) is 177 Å². The Bertz CT molecular complexity index is 2320. The lowest BCUT2D eigenvalue weighted by Gasteiger charge is -2.54. The van der Waals surface area contributed by atoms with Crippen molar-refractivity contribution in [2.45, 2.75) is 289 Å². The molecule has 80 heavy (non-hydrogen) atoms. The van der Waals surface area contributed by atoms with Gasteiger partial charge in [0.15, 0.2) is 11.6 Å². The summed E-state index contributed by atoms with van der Waals surface area (Å²) in [6.45, 7) is 19.1. The second kappa shape index (κ2) is 22.0. The Morgan fingerprint density at radius 2 is 1.30 bits per heavy atom. The average Bonchev–Trinajstić information content (AvgIpc) is 4.33. The molecule has 19 nitrogen and oxygen atoms in total. The summed E-state index contributed by atoms with van der Waals surface area (Å²) < 4.78 is 102. The van der Waals surface area contributed by atoms with E-state index in [2.05, 4.69) is 40.9 Å². The van der Waals surface area contributed by atoms with Crippen LogP contribution in [0.15, 0.2) is 24.3 Å². The maximum absolute atomic E-state index is 14.5. The monoisotopic (exact) mass is 1120 g/mol. The van der Waals surface area contributed by atoms with Gasteiger partial charge in [-0.05, 0) is 73.8 Å². The quantitative estimate of drug-likeness (QED) is 0.271. The van der Waals surface area contributed by atoms with Gasteiger partial charge in [0, 0.05) is 82.8 Å². The van der Waals surface area contributed by atoms with E-state index in [9.17, 15) is 19.8 Å². The third kappa shape index (κ3) is 10.4. The molecule has 0 aromatic heterocycles. The number of esters is 1. The fourth-order valence-electron chi connectivity index (χ4n) is 17.6. The van der Waals surface area contributed by atoms with Crippen molar-refractivity contribution in [2.24, 2.45) is 29.6 Å². The number of ether oxygens (including phenoxy) is 15. The first-order chi connectivity index (χ1) is 38.6. The Morgan fingerprint density at radius 3 is 2.15 bits per heavy atom. The van der Waals surface area contributed by atoms with Crippen molar-refractivity contribution in [3.8, 4) is 0 Å². The standard InChI is InChI=1S/C61H88O19/c1-28-15-35-7-9-40-29(2)16-37(68-40)12-14-66-26-38-50-27-67-58-57-41(72-56(38)59(58)75-50)10-8-36(70-57)18-51(65)76-55-33(6)54-46(71-45(55)20-42(69-35)32(28)5)21-44-48(74-54)24-61(77-44)25-49-53(80-61)31(4)23-60(79-49)22-30(3)52-47(78-60)19-39(64)43(73-52)17-34(63)11-13-62/h28,30-31,33,35-50,52-59,62,64H,2,5,7-27H2,1,3-4,6H3/t28-,30+,31+,33+,35+,36-,37+,38-,39-,40+,41+,42-,43-,44-,45+,46+,47+,48-,49+,50-,52+,53+,54+,55-,56+,57+,58+,59-,60-,61+/m1/s1. The molecule has 0 aromatic rings. The van der Waals surface area contributed by atoms with Crippen molar-refractivity contribution in [1.29, 1.82) is 0 Å². The number of carbonyl (C=O) groups excluding carboxylic acids is 2. The van der Waals surface area contributed by atoms with Crippen LogP contribution < -0.4 is 0 Å². The van der Waals surface area contributed by atoms with E-state index >= 15 is 0 Å². The van der Waals surface area contributed by atoms with Gasteiger partial charge in [-0.2, -0.15) is 0 Å². The number of hydrogen-bond acceptors (Lipinski definition) is 19. The minimum Gasteiger partial charge on any atom is -0.459 e. The SMILES string of the molecule is C=C1C[C@@H]2CCOC[C@H]3[C@@H]4O[C@H]5CC[C@H](CC(=O)O[C@@H]6[C@@H](C)[C@@H]7O[C@@H]8C[C@]9(C[C@@H]%10O[C@]%11(C[C@H](C)[C@@H]%12O[C@H](CC(=O)CCO)[C@H](O)C[C@@H]%12O%11)C[C@H](C)[C@@H]%10O9)O[C@@H]8C[C@@H]7O[C@H]6C[C@H]6O[C@@H](CC[C@@H]1O2)C[C@@H](C)C6=C)O[C@@H]5[C@@H]1OC[C@H]3O[C@@H]14. The molecule has 0 aliphatic carbocycles. The second-order valence-electron chi connectivity index (χ2n) is 27.2. The summed E-state index contributed by atoms with van der Waals surface area (Å²) in [5.41, 5.74) is 2.14. The minimum absolute atomic E-state index is 0.0168. The lowest BCUT2D eigenvalue weighted by molar-refractivity contribution is -0.371. The summed E-state index contributed by atoms with van der Waals surface area (Å²) in [6, 6.07) is 0. The maximum Gasteiger partial charge on any atom is 0.308 e. The van der Waals surface area contributed by atoms with Gasteiger partial charge in [0.2, 0.25) is 0 Å². The molecule has 11 bridgehead atoms. The fourth-order valence-corrected chi connectivity index (χ4v) is 17.6. The number of ketones is 1. The van der Waals surface area contributed by atoms with Crippen LogP contribution >= 0.6 is 0 Å². The molecule has 0 radical (unpaired) electrons. The van der Waals surface area contributed by atoms with Crippen molar-refractivity contribution in [3.05, 3.63) is 24.3 Å². The molecule has 0 saturated carbocycles. The van der Waals surface area contributed by atoms with Crippen molar-refractivity contribution in [1.82, 2.24) is 0 Å². The van der Waals surface area contributed by atoms with Gasteiger partial charge in [0.1, 0.15) is 30.2 Å². The van der Waals surface area contributed by atoms with Crippen molar-refractivity contribution in [2.75, 3.05) is 26.4 Å². The van der Waals surface area contributed by atoms with Crippen LogP contribution in [0.2, 0.25) is 0 Å². The first-order valence-electron chi connectivity index (χ1n) is 31.1. The third-order valence-corrected chi connectivity index (χ3v) is 21.5. The molecular formula is C61H88O19. The second-order valence-corrected chi connectivity index (χ2v) is 27.2. The van der Waals surface area contributed by atoms with Crippen molar-refractivity contribution >= 4 is 11.8 Å². The maximum atomic E-state index is 14.5. The summed E-state index contributed by atoms with van der Waals surface area (Å²) in [7, 11) is 0. The van der Waals surface area contributed by atoms with Gasteiger partial charge in [0.25, 0.3) is 0 Å². The van der Waals surface area contributed by atoms with Gasteiger partial charge in [-0.15, -0.1) is 0 Å². The molecule has 16 aliphatic heterocycles.